The van der Waals surface area contributed by atoms with Crippen molar-refractivity contribution < 1.29 is 14.3 Å². The van der Waals surface area contributed by atoms with Gasteiger partial charge in [-0.05, 0) is 37.8 Å². The monoisotopic (exact) mass is 281 g/mol. The summed E-state index contributed by atoms with van der Waals surface area (Å²) in [6.07, 6.45) is 3.84. The van der Waals surface area contributed by atoms with Gasteiger partial charge in [0.2, 0.25) is 0 Å². The van der Waals surface area contributed by atoms with Crippen LogP contribution in [0.1, 0.15) is 45.1 Å². The van der Waals surface area contributed by atoms with Crippen LogP contribution in [0, 0.1) is 5.82 Å². The lowest BCUT2D eigenvalue weighted by Gasteiger charge is -2.20. The zero-order chi connectivity index (χ0) is 15.0. The van der Waals surface area contributed by atoms with E-state index in [1.807, 2.05) is 19.9 Å². The average Bonchev–Trinajstić information content (AvgIpc) is 2.42. The minimum atomic E-state index is -0.809. The highest BCUT2D eigenvalue weighted by Gasteiger charge is 2.18. The van der Waals surface area contributed by atoms with E-state index in [4.69, 9.17) is 5.11 Å². The third-order valence-corrected chi connectivity index (χ3v) is 3.43. The Balaban J connectivity index is 2.43. The summed E-state index contributed by atoms with van der Waals surface area (Å²) < 4.78 is 13.5. The fraction of sp³-hybridized carbons (Fsp3) is 0.562. The molecule has 2 atom stereocenters. The molecule has 20 heavy (non-hydrogen) atoms. The summed E-state index contributed by atoms with van der Waals surface area (Å²) >= 11 is 0. The van der Waals surface area contributed by atoms with Crippen molar-refractivity contribution in [1.82, 2.24) is 5.32 Å². The van der Waals surface area contributed by atoms with Gasteiger partial charge in [-0.3, -0.25) is 4.79 Å². The molecule has 3 nitrogen and oxygen atoms in total. The number of hydrogen-bond acceptors (Lipinski definition) is 2. The van der Waals surface area contributed by atoms with Gasteiger partial charge in [0.15, 0.2) is 0 Å². The van der Waals surface area contributed by atoms with Crippen molar-refractivity contribution in [3.63, 3.8) is 0 Å². The van der Waals surface area contributed by atoms with Gasteiger partial charge in [0.05, 0.1) is 0 Å². The van der Waals surface area contributed by atoms with Crippen LogP contribution in [0.4, 0.5) is 4.39 Å². The van der Waals surface area contributed by atoms with E-state index in [0.29, 0.717) is 18.4 Å². The number of hydrogen-bond donors (Lipinski definition) is 2. The normalized spacial score (nSPS) is 13.9. The van der Waals surface area contributed by atoms with Crippen LogP contribution in [-0.2, 0) is 11.2 Å². The summed E-state index contributed by atoms with van der Waals surface area (Å²) in [6, 6.07) is 6.25. The lowest BCUT2D eigenvalue weighted by atomic mass is 10.0. The van der Waals surface area contributed by atoms with Gasteiger partial charge in [-0.1, -0.05) is 38.0 Å². The molecule has 1 unspecified atom stereocenters. The molecule has 0 amide bonds. The molecule has 1 aromatic carbocycles. The fourth-order valence-corrected chi connectivity index (χ4v) is 2.19. The zero-order valence-corrected chi connectivity index (χ0v) is 12.2. The lowest BCUT2D eigenvalue weighted by Crippen LogP contribution is -2.42. The standard InChI is InChI=1S/C16H24FNO2/c1-3-4-9-15(16(19)20)18-12(2)10-11-13-7-5-6-8-14(13)17/h5-8,12,15,18H,3-4,9-11H2,1-2H3,(H,19,20)/t12?,15-/m0/s1. The lowest BCUT2D eigenvalue weighted by molar-refractivity contribution is -0.139. The maximum absolute atomic E-state index is 13.5. The zero-order valence-electron chi connectivity index (χ0n) is 12.2. The second kappa shape index (κ2) is 8.69. The third-order valence-electron chi connectivity index (χ3n) is 3.43. The second-order valence-electron chi connectivity index (χ2n) is 5.23. The van der Waals surface area contributed by atoms with Gasteiger partial charge < -0.3 is 10.4 Å². The van der Waals surface area contributed by atoms with Gasteiger partial charge in [0.1, 0.15) is 11.9 Å². The molecule has 0 spiro atoms. The molecule has 0 saturated heterocycles. The summed E-state index contributed by atoms with van der Waals surface area (Å²) in [6.45, 7) is 3.99. The van der Waals surface area contributed by atoms with Crippen LogP contribution in [0.15, 0.2) is 24.3 Å². The molecule has 0 bridgehead atoms. The molecular formula is C16H24FNO2. The maximum Gasteiger partial charge on any atom is 0.320 e. The molecule has 1 aromatic rings. The smallest absolute Gasteiger partial charge is 0.320 e. The van der Waals surface area contributed by atoms with Gasteiger partial charge in [-0.25, -0.2) is 4.39 Å². The Labute approximate surface area is 120 Å². The number of carbonyl (C=O) groups is 1. The highest BCUT2D eigenvalue weighted by molar-refractivity contribution is 5.73. The predicted octanol–water partition coefficient (Wildman–Crippen LogP) is 3.38. The van der Waals surface area contributed by atoms with E-state index < -0.39 is 12.0 Å². The molecule has 0 heterocycles. The number of carboxylic acid groups (broad SMARTS) is 1. The predicted molar refractivity (Wildman–Crippen MR) is 78.3 cm³/mol. The SMILES string of the molecule is CCCC[C@H](NC(C)CCc1ccccc1F)C(=O)O. The van der Waals surface area contributed by atoms with Crippen molar-refractivity contribution in [2.45, 2.75) is 58.0 Å². The van der Waals surface area contributed by atoms with Crippen molar-refractivity contribution in [2.24, 2.45) is 0 Å². The highest BCUT2D eigenvalue weighted by Crippen LogP contribution is 2.11. The number of unbranched alkanes of at least 4 members (excludes halogenated alkanes) is 1. The summed E-state index contributed by atoms with van der Waals surface area (Å²) in [5.74, 6) is -1.00. The summed E-state index contributed by atoms with van der Waals surface area (Å²) in [5.41, 5.74) is 0.682. The van der Waals surface area contributed by atoms with Gasteiger partial charge in [0.25, 0.3) is 0 Å². The molecule has 0 aliphatic rings. The van der Waals surface area contributed by atoms with Crippen molar-refractivity contribution in [3.05, 3.63) is 35.6 Å². The van der Waals surface area contributed by atoms with Crippen molar-refractivity contribution in [1.29, 1.82) is 0 Å². The van der Waals surface area contributed by atoms with Gasteiger partial charge in [-0.2, -0.15) is 0 Å². The summed E-state index contributed by atoms with van der Waals surface area (Å²) in [5, 5.41) is 12.3. The van der Waals surface area contributed by atoms with Crippen LogP contribution >= 0.6 is 0 Å². The van der Waals surface area contributed by atoms with Crippen LogP contribution in [0.2, 0.25) is 0 Å². The quantitative estimate of drug-likeness (QED) is 0.729. The number of benzene rings is 1. The maximum atomic E-state index is 13.5. The van der Waals surface area contributed by atoms with E-state index in [2.05, 4.69) is 5.32 Å². The van der Waals surface area contributed by atoms with Crippen LogP contribution in [0.5, 0.6) is 0 Å². The van der Waals surface area contributed by atoms with E-state index in [1.165, 1.54) is 6.07 Å². The van der Waals surface area contributed by atoms with Gasteiger partial charge in [0, 0.05) is 6.04 Å². The molecule has 4 heteroatoms. The summed E-state index contributed by atoms with van der Waals surface area (Å²) in [4.78, 5) is 11.1. The Hall–Kier alpha value is -1.42. The Bertz CT molecular complexity index is 423. The second-order valence-corrected chi connectivity index (χ2v) is 5.23. The fourth-order valence-electron chi connectivity index (χ4n) is 2.19. The van der Waals surface area contributed by atoms with Gasteiger partial charge >= 0.3 is 5.97 Å². The molecule has 0 saturated carbocycles. The first-order valence-corrected chi connectivity index (χ1v) is 7.26. The Kier molecular flexibility index (Phi) is 7.23. The van der Waals surface area contributed by atoms with Crippen molar-refractivity contribution >= 4 is 5.97 Å². The first-order valence-electron chi connectivity index (χ1n) is 7.26. The number of nitrogens with one attached hydrogen (secondary N) is 1. The molecule has 2 N–H and O–H groups in total. The Morgan fingerprint density at radius 3 is 2.65 bits per heavy atom. The van der Waals surface area contributed by atoms with Crippen LogP contribution < -0.4 is 5.32 Å². The number of carboxylic acids is 1. The van der Waals surface area contributed by atoms with E-state index in [-0.39, 0.29) is 11.9 Å². The number of rotatable bonds is 9. The highest BCUT2D eigenvalue weighted by atomic mass is 19.1. The minimum Gasteiger partial charge on any atom is -0.480 e. The van der Waals surface area contributed by atoms with E-state index in [0.717, 1.165) is 19.3 Å². The van der Waals surface area contributed by atoms with Crippen LogP contribution in [0.3, 0.4) is 0 Å². The van der Waals surface area contributed by atoms with Crippen LogP contribution in [0.25, 0.3) is 0 Å². The number of aryl methyl sites for hydroxylation is 1. The minimum absolute atomic E-state index is 0.0487. The molecule has 0 aromatic heterocycles. The van der Waals surface area contributed by atoms with Crippen LogP contribution in [-0.4, -0.2) is 23.2 Å². The Morgan fingerprint density at radius 2 is 2.05 bits per heavy atom. The summed E-state index contributed by atoms with van der Waals surface area (Å²) in [7, 11) is 0. The number of halogens is 1. The first kappa shape index (κ1) is 16.6. The van der Waals surface area contributed by atoms with Crippen molar-refractivity contribution in [2.75, 3.05) is 0 Å². The van der Waals surface area contributed by atoms with E-state index in [1.54, 1.807) is 12.1 Å². The molecule has 1 rings (SSSR count). The number of aliphatic carboxylic acids is 1. The molecule has 0 aliphatic heterocycles. The van der Waals surface area contributed by atoms with E-state index in [9.17, 15) is 9.18 Å². The molecule has 0 fully saturated rings. The third kappa shape index (κ3) is 5.70. The molecule has 0 radical (unpaired) electrons. The van der Waals surface area contributed by atoms with Crippen molar-refractivity contribution in [3.8, 4) is 0 Å². The topological polar surface area (TPSA) is 49.3 Å². The van der Waals surface area contributed by atoms with E-state index >= 15 is 0 Å². The molecule has 0 aliphatic carbocycles. The Morgan fingerprint density at radius 1 is 1.35 bits per heavy atom. The molecule has 112 valence electrons. The first-order chi connectivity index (χ1) is 9.54. The average molecular weight is 281 g/mol. The largest absolute Gasteiger partial charge is 0.480 e. The molecular weight excluding hydrogens is 257 g/mol. The van der Waals surface area contributed by atoms with Gasteiger partial charge in [-0.15, -0.1) is 0 Å².